The van der Waals surface area contributed by atoms with E-state index in [0.29, 0.717) is 18.4 Å². The van der Waals surface area contributed by atoms with Crippen molar-refractivity contribution in [1.29, 1.82) is 0 Å². The smallest absolute Gasteiger partial charge is 0.305 e. The number of aryl methyl sites for hydroxylation is 4. The second-order valence-corrected chi connectivity index (χ2v) is 10.2. The van der Waals surface area contributed by atoms with E-state index in [1.54, 1.807) is 10.8 Å². The number of unbranched alkanes of at least 4 members (excludes halogenated alkanes) is 1. The fraction of sp³-hybridized carbons (Fsp3) is 0.387. The van der Waals surface area contributed by atoms with E-state index in [0.717, 1.165) is 46.2 Å². The largest absolute Gasteiger partial charge is 0.481 e. The normalized spacial score (nSPS) is 12.7. The summed E-state index contributed by atoms with van der Waals surface area (Å²) in [6, 6.07) is 14.2. The summed E-state index contributed by atoms with van der Waals surface area (Å²) in [7, 11) is 0. The molecule has 1 aromatic heterocycles. The summed E-state index contributed by atoms with van der Waals surface area (Å²) < 4.78 is 1.55. The number of carboxylic acids is 1. The van der Waals surface area contributed by atoms with E-state index in [4.69, 9.17) is 0 Å². The van der Waals surface area contributed by atoms with Crippen molar-refractivity contribution < 1.29 is 14.7 Å². The number of nitrogens with zero attached hydrogens (tertiary/aromatic N) is 1. The third-order valence-corrected chi connectivity index (χ3v) is 6.57. The molecule has 0 bridgehead atoms. The fourth-order valence-corrected chi connectivity index (χ4v) is 4.85. The van der Waals surface area contributed by atoms with E-state index >= 15 is 0 Å². The number of carboxylic acid groups (broad SMARTS) is 1. The van der Waals surface area contributed by atoms with Crippen LogP contribution in [0.3, 0.4) is 0 Å². The van der Waals surface area contributed by atoms with E-state index in [1.165, 1.54) is 0 Å². The van der Waals surface area contributed by atoms with E-state index in [1.807, 2.05) is 65.0 Å². The zero-order valence-electron chi connectivity index (χ0n) is 22.5. The third kappa shape index (κ3) is 7.66. The molecule has 0 spiro atoms. The molecule has 196 valence electrons. The molecule has 3 rings (SSSR count). The minimum Gasteiger partial charge on any atom is -0.481 e. The molecular formula is C31H38N2O4. The van der Waals surface area contributed by atoms with Crippen molar-refractivity contribution in [2.24, 2.45) is 0 Å². The first kappa shape index (κ1) is 27.9. The van der Waals surface area contributed by atoms with Gasteiger partial charge in [0.15, 0.2) is 0 Å². The molecule has 1 heterocycles. The predicted octanol–water partition coefficient (Wildman–Crippen LogP) is 5.74. The quantitative estimate of drug-likeness (QED) is 0.350. The van der Waals surface area contributed by atoms with Gasteiger partial charge in [-0.05, 0) is 56.9 Å². The van der Waals surface area contributed by atoms with Crippen LogP contribution in [0, 0.1) is 27.7 Å². The standard InChI is InChI=1S/C31H38N2O4/c1-6-7-8-28(30(36)32-27(18-29(34)35)25-11-9-20(2)10-12-25)33-19-23(5)16-26(31(33)37)17-24-14-21(3)13-22(4)15-24/h9-16,19,27-28H,6-8,17-18H2,1-5H3,(H,32,36)(H,34,35)/t27-,28-/m0/s1. The summed E-state index contributed by atoms with van der Waals surface area (Å²) in [5.41, 5.74) is 6.46. The van der Waals surface area contributed by atoms with Crippen LogP contribution < -0.4 is 10.9 Å². The van der Waals surface area contributed by atoms with Gasteiger partial charge in [0.05, 0.1) is 12.5 Å². The molecule has 0 fully saturated rings. The Morgan fingerprint density at radius 3 is 2.16 bits per heavy atom. The molecule has 3 aromatic rings. The number of amides is 1. The number of hydrogen-bond acceptors (Lipinski definition) is 3. The van der Waals surface area contributed by atoms with Gasteiger partial charge in [0.2, 0.25) is 5.91 Å². The van der Waals surface area contributed by atoms with E-state index in [-0.39, 0.29) is 17.9 Å². The first-order valence-electron chi connectivity index (χ1n) is 12.9. The lowest BCUT2D eigenvalue weighted by molar-refractivity contribution is -0.137. The molecule has 0 aliphatic heterocycles. The van der Waals surface area contributed by atoms with Crippen molar-refractivity contribution in [2.45, 2.75) is 78.8 Å². The Labute approximate surface area is 219 Å². The zero-order chi connectivity index (χ0) is 27.1. The molecule has 2 atom stereocenters. The summed E-state index contributed by atoms with van der Waals surface area (Å²) in [6.07, 6.45) is 4.11. The molecule has 0 aliphatic rings. The van der Waals surface area contributed by atoms with Gasteiger partial charge in [0.25, 0.3) is 5.56 Å². The highest BCUT2D eigenvalue weighted by Gasteiger charge is 2.26. The van der Waals surface area contributed by atoms with Crippen molar-refractivity contribution in [3.63, 3.8) is 0 Å². The van der Waals surface area contributed by atoms with E-state index < -0.39 is 18.1 Å². The molecule has 37 heavy (non-hydrogen) atoms. The van der Waals surface area contributed by atoms with Gasteiger partial charge < -0.3 is 15.0 Å². The summed E-state index contributed by atoms with van der Waals surface area (Å²) in [4.78, 5) is 38.9. The number of benzene rings is 2. The van der Waals surface area contributed by atoms with Crippen LogP contribution in [0.25, 0.3) is 0 Å². The first-order valence-corrected chi connectivity index (χ1v) is 12.9. The molecule has 0 saturated heterocycles. The van der Waals surface area contributed by atoms with Crippen LogP contribution in [0.4, 0.5) is 0 Å². The third-order valence-electron chi connectivity index (χ3n) is 6.57. The molecule has 0 aliphatic carbocycles. The van der Waals surface area contributed by atoms with Crippen molar-refractivity contribution >= 4 is 11.9 Å². The molecule has 6 nitrogen and oxygen atoms in total. The molecule has 2 aromatic carbocycles. The maximum Gasteiger partial charge on any atom is 0.305 e. The Morgan fingerprint density at radius 2 is 1.57 bits per heavy atom. The summed E-state index contributed by atoms with van der Waals surface area (Å²) in [5.74, 6) is -1.34. The average Bonchev–Trinajstić information content (AvgIpc) is 2.81. The van der Waals surface area contributed by atoms with Crippen LogP contribution in [0.15, 0.2) is 59.5 Å². The van der Waals surface area contributed by atoms with Crippen LogP contribution >= 0.6 is 0 Å². The Hall–Kier alpha value is -3.67. The fourth-order valence-electron chi connectivity index (χ4n) is 4.85. The molecule has 2 N–H and O–H groups in total. The number of nitrogens with one attached hydrogen (secondary N) is 1. The van der Waals surface area contributed by atoms with Crippen LogP contribution in [0.5, 0.6) is 0 Å². The average molecular weight is 503 g/mol. The maximum absolute atomic E-state index is 13.7. The highest BCUT2D eigenvalue weighted by atomic mass is 16.4. The number of carbonyl (C=O) groups is 2. The number of hydrogen-bond donors (Lipinski definition) is 2. The first-order chi connectivity index (χ1) is 17.6. The van der Waals surface area contributed by atoms with Gasteiger partial charge in [-0.15, -0.1) is 0 Å². The minimum atomic E-state index is -1.00. The highest BCUT2D eigenvalue weighted by Crippen LogP contribution is 2.22. The van der Waals surface area contributed by atoms with Crippen LogP contribution in [0.1, 0.15) is 83.6 Å². The van der Waals surface area contributed by atoms with Gasteiger partial charge in [0, 0.05) is 18.2 Å². The number of aliphatic carboxylic acids is 1. The second kappa shape index (κ2) is 12.5. The van der Waals surface area contributed by atoms with Gasteiger partial charge in [-0.25, -0.2) is 0 Å². The SMILES string of the molecule is CCCC[C@@H](C(=O)N[C@@H](CC(=O)O)c1ccc(C)cc1)n1cc(C)cc(Cc2cc(C)cc(C)c2)c1=O. The second-order valence-electron chi connectivity index (χ2n) is 10.2. The molecule has 0 radical (unpaired) electrons. The van der Waals surface area contributed by atoms with Gasteiger partial charge in [-0.1, -0.05) is 78.9 Å². The lowest BCUT2D eigenvalue weighted by Gasteiger charge is -2.24. The monoisotopic (exact) mass is 502 g/mol. The number of aromatic nitrogens is 1. The molecular weight excluding hydrogens is 464 g/mol. The van der Waals surface area contributed by atoms with Crippen molar-refractivity contribution in [3.8, 4) is 0 Å². The lowest BCUT2D eigenvalue weighted by Crippen LogP contribution is -2.40. The topological polar surface area (TPSA) is 88.4 Å². The number of carbonyl (C=O) groups excluding carboxylic acids is 1. The Kier molecular flexibility index (Phi) is 9.45. The Bertz CT molecular complexity index is 1290. The zero-order valence-corrected chi connectivity index (χ0v) is 22.5. The van der Waals surface area contributed by atoms with Crippen LogP contribution in [-0.4, -0.2) is 21.6 Å². The Balaban J connectivity index is 1.97. The van der Waals surface area contributed by atoms with Gasteiger partial charge in [0.1, 0.15) is 6.04 Å². The Morgan fingerprint density at radius 1 is 0.919 bits per heavy atom. The predicted molar refractivity (Wildman–Crippen MR) is 147 cm³/mol. The van der Waals surface area contributed by atoms with Gasteiger partial charge >= 0.3 is 5.97 Å². The van der Waals surface area contributed by atoms with Crippen LogP contribution in [0.2, 0.25) is 0 Å². The van der Waals surface area contributed by atoms with Crippen molar-refractivity contribution in [3.05, 3.63) is 104 Å². The van der Waals surface area contributed by atoms with Crippen molar-refractivity contribution in [1.82, 2.24) is 9.88 Å². The maximum atomic E-state index is 13.7. The van der Waals surface area contributed by atoms with E-state index in [2.05, 4.69) is 23.5 Å². The van der Waals surface area contributed by atoms with Gasteiger partial charge in [-0.3, -0.25) is 14.4 Å². The highest BCUT2D eigenvalue weighted by molar-refractivity contribution is 5.81. The molecule has 0 saturated carbocycles. The summed E-state index contributed by atoms with van der Waals surface area (Å²) in [6.45, 7) is 10.00. The summed E-state index contributed by atoms with van der Waals surface area (Å²) in [5, 5.41) is 12.4. The summed E-state index contributed by atoms with van der Waals surface area (Å²) >= 11 is 0. The number of pyridine rings is 1. The van der Waals surface area contributed by atoms with Crippen LogP contribution in [-0.2, 0) is 16.0 Å². The molecule has 6 heteroatoms. The molecule has 0 unspecified atom stereocenters. The van der Waals surface area contributed by atoms with Gasteiger partial charge in [-0.2, -0.15) is 0 Å². The lowest BCUT2D eigenvalue weighted by atomic mass is 9.99. The minimum absolute atomic E-state index is 0.189. The number of rotatable bonds is 11. The van der Waals surface area contributed by atoms with E-state index in [9.17, 15) is 19.5 Å². The molecule has 1 amide bonds. The van der Waals surface area contributed by atoms with Crippen molar-refractivity contribution in [2.75, 3.05) is 0 Å².